The molecule has 0 bridgehead atoms. The Labute approximate surface area is 116 Å². The Morgan fingerprint density at radius 2 is 1.60 bits per heavy atom. The number of aromatic nitrogens is 3. The van der Waals surface area contributed by atoms with Gasteiger partial charge in [-0.15, -0.1) is 5.10 Å². The molecule has 1 aromatic heterocycles. The lowest BCUT2D eigenvalue weighted by Crippen LogP contribution is -2.21. The number of para-hydroxylation sites is 1. The van der Waals surface area contributed by atoms with E-state index < -0.39 is 0 Å². The van der Waals surface area contributed by atoms with Gasteiger partial charge in [0.1, 0.15) is 0 Å². The van der Waals surface area contributed by atoms with Crippen LogP contribution < -0.4 is 5.69 Å². The zero-order valence-corrected chi connectivity index (χ0v) is 11.4. The molecule has 0 amide bonds. The summed E-state index contributed by atoms with van der Waals surface area (Å²) < 4.78 is 2.99. The molecule has 4 heteroatoms. The predicted molar refractivity (Wildman–Crippen MR) is 79.0 cm³/mol. The lowest BCUT2D eigenvalue weighted by Gasteiger charge is -2.05. The third-order valence-electron chi connectivity index (χ3n) is 3.25. The molecule has 20 heavy (non-hydrogen) atoms. The minimum absolute atomic E-state index is 0.147. The molecular formula is C16H15N3O. The van der Waals surface area contributed by atoms with Gasteiger partial charge in [-0.25, -0.2) is 14.0 Å². The molecule has 0 unspecified atom stereocenters. The molecule has 1 heterocycles. The van der Waals surface area contributed by atoms with Crippen LogP contribution in [0.4, 0.5) is 0 Å². The second-order valence-electron chi connectivity index (χ2n) is 4.77. The first-order valence-corrected chi connectivity index (χ1v) is 6.45. The molecule has 2 aromatic carbocycles. The highest BCUT2D eigenvalue weighted by Crippen LogP contribution is 2.19. The van der Waals surface area contributed by atoms with Crippen LogP contribution in [-0.4, -0.2) is 14.3 Å². The molecule has 0 aliphatic carbocycles. The van der Waals surface area contributed by atoms with Gasteiger partial charge < -0.3 is 0 Å². The van der Waals surface area contributed by atoms with Crippen molar-refractivity contribution >= 4 is 0 Å². The Bertz CT molecular complexity index is 783. The van der Waals surface area contributed by atoms with E-state index in [0.717, 1.165) is 11.3 Å². The third-order valence-corrected chi connectivity index (χ3v) is 3.25. The lowest BCUT2D eigenvalue weighted by molar-refractivity contribution is 0.727. The largest absolute Gasteiger partial charge is 0.350 e. The summed E-state index contributed by atoms with van der Waals surface area (Å²) in [6.45, 7) is 2.03. The maximum absolute atomic E-state index is 12.3. The second-order valence-corrected chi connectivity index (χ2v) is 4.77. The molecule has 0 N–H and O–H groups in total. The van der Waals surface area contributed by atoms with E-state index >= 15 is 0 Å². The number of benzene rings is 2. The summed E-state index contributed by atoms with van der Waals surface area (Å²) in [5, 5.41) is 4.35. The van der Waals surface area contributed by atoms with Gasteiger partial charge >= 0.3 is 5.69 Å². The monoisotopic (exact) mass is 265 g/mol. The van der Waals surface area contributed by atoms with E-state index in [9.17, 15) is 4.79 Å². The summed E-state index contributed by atoms with van der Waals surface area (Å²) >= 11 is 0. The highest BCUT2D eigenvalue weighted by Gasteiger charge is 2.14. The van der Waals surface area contributed by atoms with Crippen LogP contribution in [0.2, 0.25) is 0 Å². The van der Waals surface area contributed by atoms with Gasteiger partial charge in [0.05, 0.1) is 5.69 Å². The number of nitrogens with zero attached hydrogens (tertiary/aromatic N) is 3. The topological polar surface area (TPSA) is 39.8 Å². The summed E-state index contributed by atoms with van der Waals surface area (Å²) in [7, 11) is 1.67. The number of aryl methyl sites for hydroxylation is 2. The Morgan fingerprint density at radius 3 is 2.25 bits per heavy atom. The summed E-state index contributed by atoms with van der Waals surface area (Å²) in [6, 6.07) is 17.6. The molecule has 0 aliphatic rings. The summed E-state index contributed by atoms with van der Waals surface area (Å²) in [5.74, 6) is 0.656. The molecule has 0 saturated carbocycles. The van der Waals surface area contributed by atoms with Gasteiger partial charge in [-0.2, -0.15) is 0 Å². The van der Waals surface area contributed by atoms with Crippen LogP contribution in [0.15, 0.2) is 59.4 Å². The van der Waals surface area contributed by atoms with Gasteiger partial charge in [0, 0.05) is 12.6 Å². The maximum Gasteiger partial charge on any atom is 0.350 e. The third kappa shape index (κ3) is 2.05. The van der Waals surface area contributed by atoms with Crippen molar-refractivity contribution in [2.75, 3.05) is 0 Å². The fraction of sp³-hybridized carbons (Fsp3) is 0.125. The van der Waals surface area contributed by atoms with Crippen LogP contribution in [0.25, 0.3) is 17.1 Å². The van der Waals surface area contributed by atoms with Crippen molar-refractivity contribution in [1.29, 1.82) is 0 Å². The van der Waals surface area contributed by atoms with Crippen LogP contribution in [0.5, 0.6) is 0 Å². The minimum atomic E-state index is -0.147. The molecule has 3 rings (SSSR count). The summed E-state index contributed by atoms with van der Waals surface area (Å²) in [4.78, 5) is 12.3. The quantitative estimate of drug-likeness (QED) is 0.714. The summed E-state index contributed by atoms with van der Waals surface area (Å²) in [6.07, 6.45) is 0. The fourth-order valence-electron chi connectivity index (χ4n) is 2.16. The van der Waals surface area contributed by atoms with Gasteiger partial charge in [-0.3, -0.25) is 0 Å². The number of hydrogen-bond acceptors (Lipinski definition) is 2. The smallest absolute Gasteiger partial charge is 0.246 e. The molecule has 0 spiro atoms. The standard InChI is InChI=1S/C16H15N3O/c1-12-8-10-13(11-9-12)15-17-18(2)16(20)19(15)14-6-4-3-5-7-14/h3-11H,1-2H3. The van der Waals surface area contributed by atoms with Gasteiger partial charge in [0.15, 0.2) is 5.82 Å². The van der Waals surface area contributed by atoms with Crippen molar-refractivity contribution in [2.45, 2.75) is 6.92 Å². The van der Waals surface area contributed by atoms with E-state index in [0.29, 0.717) is 5.82 Å². The molecular weight excluding hydrogens is 250 g/mol. The summed E-state index contributed by atoms with van der Waals surface area (Å²) in [5.41, 5.74) is 2.78. The van der Waals surface area contributed by atoms with E-state index in [1.807, 2.05) is 61.5 Å². The molecule has 0 atom stereocenters. The molecule has 0 fully saturated rings. The van der Waals surface area contributed by atoms with Gasteiger partial charge in [0.2, 0.25) is 0 Å². The first-order chi connectivity index (χ1) is 9.66. The lowest BCUT2D eigenvalue weighted by atomic mass is 10.1. The SMILES string of the molecule is Cc1ccc(-c2nn(C)c(=O)n2-c2ccccc2)cc1. The van der Waals surface area contributed by atoms with E-state index in [1.165, 1.54) is 10.2 Å². The Kier molecular flexibility index (Phi) is 2.99. The van der Waals surface area contributed by atoms with Crippen LogP contribution in [-0.2, 0) is 7.05 Å². The molecule has 4 nitrogen and oxygen atoms in total. The minimum Gasteiger partial charge on any atom is -0.246 e. The highest BCUT2D eigenvalue weighted by molar-refractivity contribution is 5.58. The predicted octanol–water partition coefficient (Wildman–Crippen LogP) is 2.55. The van der Waals surface area contributed by atoms with Crippen molar-refractivity contribution in [1.82, 2.24) is 14.3 Å². The molecule has 0 saturated heterocycles. The van der Waals surface area contributed by atoms with Crippen molar-refractivity contribution in [2.24, 2.45) is 7.05 Å². The van der Waals surface area contributed by atoms with Crippen molar-refractivity contribution < 1.29 is 0 Å². The number of rotatable bonds is 2. The number of hydrogen-bond donors (Lipinski definition) is 0. The average molecular weight is 265 g/mol. The molecule has 0 radical (unpaired) electrons. The van der Waals surface area contributed by atoms with E-state index in [-0.39, 0.29) is 5.69 Å². The Morgan fingerprint density at radius 1 is 0.950 bits per heavy atom. The average Bonchev–Trinajstić information content (AvgIpc) is 2.77. The first-order valence-electron chi connectivity index (χ1n) is 6.45. The van der Waals surface area contributed by atoms with Crippen molar-refractivity contribution in [3.8, 4) is 17.1 Å². The molecule has 100 valence electrons. The van der Waals surface area contributed by atoms with E-state index in [1.54, 1.807) is 11.6 Å². The fourth-order valence-corrected chi connectivity index (χ4v) is 2.16. The first kappa shape index (κ1) is 12.4. The van der Waals surface area contributed by atoms with Crippen LogP contribution in [0, 0.1) is 6.92 Å². The van der Waals surface area contributed by atoms with Gasteiger partial charge in [-0.05, 0) is 19.1 Å². The van der Waals surface area contributed by atoms with Gasteiger partial charge in [0.25, 0.3) is 0 Å². The Hall–Kier alpha value is -2.62. The highest BCUT2D eigenvalue weighted by atomic mass is 16.2. The zero-order chi connectivity index (χ0) is 14.1. The van der Waals surface area contributed by atoms with E-state index in [2.05, 4.69) is 5.10 Å². The zero-order valence-electron chi connectivity index (χ0n) is 11.4. The maximum atomic E-state index is 12.3. The Balaban J connectivity index is 2.25. The van der Waals surface area contributed by atoms with Crippen LogP contribution in [0.1, 0.15) is 5.56 Å². The normalized spacial score (nSPS) is 10.7. The van der Waals surface area contributed by atoms with Crippen LogP contribution in [0.3, 0.4) is 0 Å². The second kappa shape index (κ2) is 4.81. The van der Waals surface area contributed by atoms with E-state index in [4.69, 9.17) is 0 Å². The van der Waals surface area contributed by atoms with Crippen molar-refractivity contribution in [3.05, 3.63) is 70.6 Å². The van der Waals surface area contributed by atoms with Gasteiger partial charge in [-0.1, -0.05) is 48.0 Å². The van der Waals surface area contributed by atoms with Crippen LogP contribution >= 0.6 is 0 Å². The van der Waals surface area contributed by atoms with Crippen molar-refractivity contribution in [3.63, 3.8) is 0 Å². The molecule has 3 aromatic rings. The molecule has 0 aliphatic heterocycles.